The fourth-order valence-corrected chi connectivity index (χ4v) is 1.76. The highest BCUT2D eigenvalue weighted by Gasteiger charge is 2.03. The van der Waals surface area contributed by atoms with E-state index in [1.807, 2.05) is 61.5 Å². The SMILES string of the molecule is CC(Cc1cccc(Oc2ccccc2)c1)NO. The van der Waals surface area contributed by atoms with E-state index in [4.69, 9.17) is 9.94 Å². The lowest BCUT2D eigenvalue weighted by Gasteiger charge is -2.10. The van der Waals surface area contributed by atoms with Crippen LogP contribution in [-0.4, -0.2) is 11.2 Å². The van der Waals surface area contributed by atoms with Crippen LogP contribution in [-0.2, 0) is 6.42 Å². The minimum atomic E-state index is 0.0250. The van der Waals surface area contributed by atoms with Crippen molar-refractivity contribution in [2.45, 2.75) is 19.4 Å². The maximum absolute atomic E-state index is 8.82. The van der Waals surface area contributed by atoms with Crippen LogP contribution in [0.2, 0.25) is 0 Å². The lowest BCUT2D eigenvalue weighted by Crippen LogP contribution is -2.24. The normalized spacial score (nSPS) is 12.1. The molecule has 2 N–H and O–H groups in total. The maximum Gasteiger partial charge on any atom is 0.127 e. The Morgan fingerprint density at radius 1 is 1.06 bits per heavy atom. The first-order chi connectivity index (χ1) is 8.78. The van der Waals surface area contributed by atoms with Gasteiger partial charge in [-0.3, -0.25) is 0 Å². The lowest BCUT2D eigenvalue weighted by atomic mass is 10.1. The Kier molecular flexibility index (Phi) is 4.34. The van der Waals surface area contributed by atoms with Crippen molar-refractivity contribution < 1.29 is 9.94 Å². The molecule has 0 saturated carbocycles. The Hall–Kier alpha value is -1.84. The number of hydrogen-bond acceptors (Lipinski definition) is 3. The molecule has 0 aliphatic rings. The van der Waals surface area contributed by atoms with Gasteiger partial charge in [0.1, 0.15) is 11.5 Å². The van der Waals surface area contributed by atoms with Crippen LogP contribution in [0.1, 0.15) is 12.5 Å². The highest BCUT2D eigenvalue weighted by Crippen LogP contribution is 2.22. The van der Waals surface area contributed by atoms with Gasteiger partial charge in [-0.25, -0.2) is 5.48 Å². The predicted octanol–water partition coefficient (Wildman–Crippen LogP) is 3.39. The number of hydrogen-bond donors (Lipinski definition) is 2. The molecule has 0 aliphatic carbocycles. The standard InChI is InChI=1S/C15H17NO2/c1-12(16-17)10-13-6-5-9-15(11-13)18-14-7-3-2-4-8-14/h2-9,11-12,16-17H,10H2,1H3. The molecule has 0 aromatic heterocycles. The van der Waals surface area contributed by atoms with E-state index in [9.17, 15) is 0 Å². The molecule has 1 atom stereocenters. The monoisotopic (exact) mass is 243 g/mol. The van der Waals surface area contributed by atoms with Gasteiger partial charge in [-0.1, -0.05) is 30.3 Å². The number of benzene rings is 2. The van der Waals surface area contributed by atoms with Gasteiger partial charge in [-0.2, -0.15) is 0 Å². The molecule has 94 valence electrons. The molecule has 2 aromatic carbocycles. The van der Waals surface area contributed by atoms with Gasteiger partial charge in [0.15, 0.2) is 0 Å². The zero-order valence-electron chi connectivity index (χ0n) is 10.3. The molecule has 3 nitrogen and oxygen atoms in total. The van der Waals surface area contributed by atoms with Crippen molar-refractivity contribution in [3.05, 3.63) is 60.2 Å². The van der Waals surface area contributed by atoms with Crippen molar-refractivity contribution in [1.29, 1.82) is 0 Å². The summed E-state index contributed by atoms with van der Waals surface area (Å²) in [4.78, 5) is 0. The number of hydroxylamine groups is 1. The molecule has 0 spiro atoms. The van der Waals surface area contributed by atoms with Crippen LogP contribution in [0.4, 0.5) is 0 Å². The van der Waals surface area contributed by atoms with Gasteiger partial charge < -0.3 is 9.94 Å². The molecule has 2 rings (SSSR count). The third-order valence-electron chi connectivity index (χ3n) is 2.64. The van der Waals surface area contributed by atoms with E-state index in [2.05, 4.69) is 5.48 Å². The second-order valence-corrected chi connectivity index (χ2v) is 4.30. The largest absolute Gasteiger partial charge is 0.457 e. The van der Waals surface area contributed by atoms with Crippen molar-refractivity contribution in [2.24, 2.45) is 0 Å². The van der Waals surface area contributed by atoms with Crippen LogP contribution < -0.4 is 10.2 Å². The summed E-state index contributed by atoms with van der Waals surface area (Å²) in [5.74, 6) is 1.63. The van der Waals surface area contributed by atoms with Crippen LogP contribution >= 0.6 is 0 Å². The molecule has 0 fully saturated rings. The molecular weight excluding hydrogens is 226 g/mol. The summed E-state index contributed by atoms with van der Waals surface area (Å²) in [7, 11) is 0. The van der Waals surface area contributed by atoms with Crippen LogP contribution in [0.15, 0.2) is 54.6 Å². The van der Waals surface area contributed by atoms with Gasteiger partial charge in [0.05, 0.1) is 0 Å². The first kappa shape index (κ1) is 12.6. The molecule has 2 aromatic rings. The first-order valence-corrected chi connectivity index (χ1v) is 5.99. The molecule has 18 heavy (non-hydrogen) atoms. The van der Waals surface area contributed by atoms with Gasteiger partial charge >= 0.3 is 0 Å². The van der Waals surface area contributed by atoms with E-state index in [-0.39, 0.29) is 6.04 Å². The highest BCUT2D eigenvalue weighted by molar-refractivity contribution is 5.34. The topological polar surface area (TPSA) is 41.5 Å². The van der Waals surface area contributed by atoms with E-state index >= 15 is 0 Å². The van der Waals surface area contributed by atoms with Crippen molar-refractivity contribution in [3.8, 4) is 11.5 Å². The molecule has 0 aliphatic heterocycles. The number of ether oxygens (including phenoxy) is 1. The zero-order valence-corrected chi connectivity index (χ0v) is 10.3. The highest BCUT2D eigenvalue weighted by atomic mass is 16.5. The summed E-state index contributed by atoms with van der Waals surface area (Å²) < 4.78 is 5.75. The average molecular weight is 243 g/mol. The third kappa shape index (κ3) is 3.58. The van der Waals surface area contributed by atoms with Gasteiger partial charge in [0, 0.05) is 6.04 Å². The minimum absolute atomic E-state index is 0.0250. The quantitative estimate of drug-likeness (QED) is 0.791. The summed E-state index contributed by atoms with van der Waals surface area (Å²) in [6.45, 7) is 1.92. The van der Waals surface area contributed by atoms with Crippen molar-refractivity contribution in [2.75, 3.05) is 0 Å². The van der Waals surface area contributed by atoms with Crippen LogP contribution in [0, 0.1) is 0 Å². The van der Waals surface area contributed by atoms with Gasteiger partial charge in [-0.05, 0) is 43.2 Å². The molecule has 0 heterocycles. The second kappa shape index (κ2) is 6.19. The fourth-order valence-electron chi connectivity index (χ4n) is 1.76. The van der Waals surface area contributed by atoms with Gasteiger partial charge in [-0.15, -0.1) is 0 Å². The Morgan fingerprint density at radius 2 is 1.78 bits per heavy atom. The summed E-state index contributed by atoms with van der Waals surface area (Å²) in [6.07, 6.45) is 0.752. The van der Waals surface area contributed by atoms with Gasteiger partial charge in [0.25, 0.3) is 0 Å². The molecule has 0 radical (unpaired) electrons. The second-order valence-electron chi connectivity index (χ2n) is 4.30. The third-order valence-corrected chi connectivity index (χ3v) is 2.64. The Morgan fingerprint density at radius 3 is 2.50 bits per heavy atom. The van der Waals surface area contributed by atoms with E-state index < -0.39 is 0 Å². The summed E-state index contributed by atoms with van der Waals surface area (Å²) in [5, 5.41) is 8.82. The van der Waals surface area contributed by atoms with Crippen LogP contribution in [0.25, 0.3) is 0 Å². The van der Waals surface area contributed by atoms with Crippen molar-refractivity contribution >= 4 is 0 Å². The summed E-state index contributed by atoms with van der Waals surface area (Å²) >= 11 is 0. The Balaban J connectivity index is 2.08. The number of nitrogens with one attached hydrogen (secondary N) is 1. The van der Waals surface area contributed by atoms with E-state index in [1.165, 1.54) is 0 Å². The van der Waals surface area contributed by atoms with E-state index in [0.29, 0.717) is 0 Å². The van der Waals surface area contributed by atoms with Crippen LogP contribution in [0.3, 0.4) is 0 Å². The predicted molar refractivity (Wildman–Crippen MR) is 71.0 cm³/mol. The lowest BCUT2D eigenvalue weighted by molar-refractivity contribution is 0.133. The van der Waals surface area contributed by atoms with E-state index in [1.54, 1.807) is 0 Å². The molecular formula is C15H17NO2. The van der Waals surface area contributed by atoms with Crippen molar-refractivity contribution in [1.82, 2.24) is 5.48 Å². The molecule has 0 saturated heterocycles. The summed E-state index contributed by atoms with van der Waals surface area (Å²) in [6, 6.07) is 17.6. The molecule has 1 unspecified atom stereocenters. The van der Waals surface area contributed by atoms with Gasteiger partial charge in [0.2, 0.25) is 0 Å². The molecule has 3 heteroatoms. The Labute approximate surface area is 107 Å². The van der Waals surface area contributed by atoms with E-state index in [0.717, 1.165) is 23.5 Å². The summed E-state index contributed by atoms with van der Waals surface area (Å²) in [5.41, 5.74) is 3.36. The van der Waals surface area contributed by atoms with Crippen molar-refractivity contribution in [3.63, 3.8) is 0 Å². The maximum atomic E-state index is 8.82. The Bertz CT molecular complexity index is 485. The minimum Gasteiger partial charge on any atom is -0.457 e. The average Bonchev–Trinajstić information content (AvgIpc) is 2.40. The smallest absolute Gasteiger partial charge is 0.127 e. The molecule has 0 bridgehead atoms. The van der Waals surface area contributed by atoms with Crippen LogP contribution in [0.5, 0.6) is 11.5 Å². The number of rotatable bonds is 5. The first-order valence-electron chi connectivity index (χ1n) is 5.99. The zero-order chi connectivity index (χ0) is 12.8. The fraction of sp³-hybridized carbons (Fsp3) is 0.200. The molecule has 0 amide bonds. The number of para-hydroxylation sites is 1.